The molecule has 0 bridgehead atoms. The van der Waals surface area contributed by atoms with Gasteiger partial charge in [0.15, 0.2) is 0 Å². The van der Waals surface area contributed by atoms with E-state index in [9.17, 15) is 4.79 Å². The van der Waals surface area contributed by atoms with E-state index in [1.165, 1.54) is 11.3 Å². The van der Waals surface area contributed by atoms with Gasteiger partial charge in [0.05, 0.1) is 31.5 Å². The number of amides is 1. The van der Waals surface area contributed by atoms with Gasteiger partial charge in [-0.25, -0.2) is 4.98 Å². The molecule has 6 nitrogen and oxygen atoms in total. The Morgan fingerprint density at radius 1 is 1.17 bits per heavy atom. The highest BCUT2D eigenvalue weighted by Crippen LogP contribution is 2.39. The van der Waals surface area contributed by atoms with Gasteiger partial charge in [-0.2, -0.15) is 0 Å². The fraction of sp³-hybridized carbons (Fsp3) is 0.304. The van der Waals surface area contributed by atoms with Gasteiger partial charge in [0, 0.05) is 23.1 Å². The van der Waals surface area contributed by atoms with E-state index >= 15 is 0 Å². The summed E-state index contributed by atoms with van der Waals surface area (Å²) >= 11 is 1.53. The third-order valence-electron chi connectivity index (χ3n) is 5.26. The summed E-state index contributed by atoms with van der Waals surface area (Å²) in [4.78, 5) is 19.5. The molecule has 0 spiro atoms. The third-order valence-corrected chi connectivity index (χ3v) is 5.90. The van der Waals surface area contributed by atoms with Gasteiger partial charge < -0.3 is 19.1 Å². The minimum Gasteiger partial charge on any atom is -0.497 e. The summed E-state index contributed by atoms with van der Waals surface area (Å²) in [6, 6.07) is 13.0. The summed E-state index contributed by atoms with van der Waals surface area (Å²) in [5.74, 6) is 2.16. The van der Waals surface area contributed by atoms with E-state index < -0.39 is 0 Å². The van der Waals surface area contributed by atoms with Crippen LogP contribution in [0, 0.1) is 0 Å². The predicted molar refractivity (Wildman–Crippen MR) is 115 cm³/mol. The monoisotopic (exact) mass is 424 g/mol. The SMILES string of the molecule is COc1ccc(OC)c(C2CCCN2C(=O)c2cccc(OCc3cscn3)c2)c1. The molecule has 0 aliphatic carbocycles. The van der Waals surface area contributed by atoms with Gasteiger partial charge >= 0.3 is 0 Å². The van der Waals surface area contributed by atoms with Crippen LogP contribution in [-0.2, 0) is 6.61 Å². The zero-order chi connectivity index (χ0) is 20.9. The summed E-state index contributed by atoms with van der Waals surface area (Å²) in [7, 11) is 3.29. The largest absolute Gasteiger partial charge is 0.497 e. The maximum Gasteiger partial charge on any atom is 0.254 e. The van der Waals surface area contributed by atoms with Crippen molar-refractivity contribution in [2.75, 3.05) is 20.8 Å². The van der Waals surface area contributed by atoms with Crippen LogP contribution in [-0.4, -0.2) is 36.6 Å². The summed E-state index contributed by atoms with van der Waals surface area (Å²) < 4.78 is 16.8. The molecule has 3 aromatic rings. The number of likely N-dealkylation sites (tertiary alicyclic amines) is 1. The van der Waals surface area contributed by atoms with E-state index in [1.807, 2.05) is 46.7 Å². The maximum atomic E-state index is 13.4. The molecule has 156 valence electrons. The standard InChI is InChI=1S/C23H24N2O4S/c1-27-18-8-9-22(28-2)20(12-18)21-7-4-10-25(21)23(26)16-5-3-6-19(11-16)29-13-17-14-30-15-24-17/h3,5-6,8-9,11-12,14-15,21H,4,7,10,13H2,1-2H3. The van der Waals surface area contributed by atoms with Crippen molar-refractivity contribution in [2.45, 2.75) is 25.5 Å². The highest BCUT2D eigenvalue weighted by Gasteiger charge is 2.32. The first-order valence-electron chi connectivity index (χ1n) is 9.82. The second-order valence-electron chi connectivity index (χ2n) is 7.06. The molecule has 0 saturated carbocycles. The molecule has 30 heavy (non-hydrogen) atoms. The van der Waals surface area contributed by atoms with Crippen LogP contribution in [0.5, 0.6) is 17.2 Å². The van der Waals surface area contributed by atoms with Gasteiger partial charge in [-0.3, -0.25) is 4.79 Å². The van der Waals surface area contributed by atoms with Crippen molar-refractivity contribution >= 4 is 17.2 Å². The lowest BCUT2D eigenvalue weighted by atomic mass is 10.0. The van der Waals surface area contributed by atoms with Gasteiger partial charge in [0.2, 0.25) is 0 Å². The van der Waals surface area contributed by atoms with E-state index in [1.54, 1.807) is 25.8 Å². The number of thiazole rings is 1. The first-order chi connectivity index (χ1) is 14.7. The van der Waals surface area contributed by atoms with Crippen LogP contribution in [0.25, 0.3) is 0 Å². The quantitative estimate of drug-likeness (QED) is 0.549. The molecule has 1 aliphatic rings. The Hall–Kier alpha value is -3.06. The van der Waals surface area contributed by atoms with Gasteiger partial charge in [0.25, 0.3) is 5.91 Å². The highest BCUT2D eigenvalue weighted by atomic mass is 32.1. The summed E-state index contributed by atoms with van der Waals surface area (Å²) in [5.41, 5.74) is 4.23. The predicted octanol–water partition coefficient (Wildman–Crippen LogP) is 4.72. The van der Waals surface area contributed by atoms with Crippen molar-refractivity contribution in [2.24, 2.45) is 0 Å². The lowest BCUT2D eigenvalue weighted by Crippen LogP contribution is -2.30. The van der Waals surface area contributed by atoms with Crippen molar-refractivity contribution in [3.63, 3.8) is 0 Å². The van der Waals surface area contributed by atoms with Gasteiger partial charge in [0.1, 0.15) is 23.9 Å². The normalized spacial score (nSPS) is 15.8. The summed E-state index contributed by atoms with van der Waals surface area (Å²) in [6.07, 6.45) is 1.83. The van der Waals surface area contributed by atoms with E-state index in [-0.39, 0.29) is 11.9 Å². The zero-order valence-corrected chi connectivity index (χ0v) is 17.9. The smallest absolute Gasteiger partial charge is 0.254 e. The number of nitrogens with zero attached hydrogens (tertiary/aromatic N) is 2. The van der Waals surface area contributed by atoms with Gasteiger partial charge in [-0.15, -0.1) is 11.3 Å². The van der Waals surface area contributed by atoms with E-state index in [0.717, 1.165) is 35.6 Å². The molecule has 0 radical (unpaired) electrons. The van der Waals surface area contributed by atoms with E-state index in [4.69, 9.17) is 14.2 Å². The van der Waals surface area contributed by atoms with Crippen LogP contribution >= 0.6 is 11.3 Å². The molecule has 1 aliphatic heterocycles. The number of methoxy groups -OCH3 is 2. The van der Waals surface area contributed by atoms with Crippen LogP contribution in [0.1, 0.15) is 40.5 Å². The minimum atomic E-state index is -0.0536. The topological polar surface area (TPSA) is 60.9 Å². The molecule has 0 N–H and O–H groups in total. The second kappa shape index (κ2) is 9.17. The molecule has 1 atom stereocenters. The lowest BCUT2D eigenvalue weighted by Gasteiger charge is -2.27. The molecule has 2 aromatic carbocycles. The number of benzene rings is 2. The van der Waals surface area contributed by atoms with Crippen molar-refractivity contribution in [1.29, 1.82) is 0 Å². The van der Waals surface area contributed by atoms with Gasteiger partial charge in [-0.1, -0.05) is 6.07 Å². The van der Waals surface area contributed by atoms with E-state index in [2.05, 4.69) is 4.98 Å². The molecule has 1 fully saturated rings. The van der Waals surface area contributed by atoms with E-state index in [0.29, 0.717) is 24.5 Å². The summed E-state index contributed by atoms with van der Waals surface area (Å²) in [5, 5.41) is 1.95. The van der Waals surface area contributed by atoms with Crippen molar-refractivity contribution in [1.82, 2.24) is 9.88 Å². The summed E-state index contributed by atoms with van der Waals surface area (Å²) in [6.45, 7) is 1.09. The maximum absolute atomic E-state index is 13.4. The number of hydrogen-bond donors (Lipinski definition) is 0. The number of rotatable bonds is 7. The average Bonchev–Trinajstić information content (AvgIpc) is 3.49. The van der Waals surface area contributed by atoms with Crippen molar-refractivity contribution in [3.05, 3.63) is 70.2 Å². The molecule has 2 heterocycles. The Labute approximate surface area is 180 Å². The minimum absolute atomic E-state index is 0.0125. The first kappa shape index (κ1) is 20.2. The second-order valence-corrected chi connectivity index (χ2v) is 7.78. The molecule has 4 rings (SSSR count). The van der Waals surface area contributed by atoms with Crippen molar-refractivity contribution < 1.29 is 19.0 Å². The zero-order valence-electron chi connectivity index (χ0n) is 17.0. The molecular formula is C23H24N2O4S. The number of carbonyl (C=O) groups is 1. The fourth-order valence-corrected chi connectivity index (χ4v) is 4.33. The lowest BCUT2D eigenvalue weighted by molar-refractivity contribution is 0.0733. The number of carbonyl (C=O) groups excluding carboxylic acids is 1. The Morgan fingerprint density at radius 3 is 2.83 bits per heavy atom. The Morgan fingerprint density at radius 2 is 2.07 bits per heavy atom. The van der Waals surface area contributed by atoms with Crippen molar-refractivity contribution in [3.8, 4) is 17.2 Å². The number of ether oxygens (including phenoxy) is 3. The van der Waals surface area contributed by atoms with Crippen LogP contribution in [0.15, 0.2) is 53.4 Å². The number of aromatic nitrogens is 1. The highest BCUT2D eigenvalue weighted by molar-refractivity contribution is 7.07. The van der Waals surface area contributed by atoms with Crippen LogP contribution < -0.4 is 14.2 Å². The first-order valence-corrected chi connectivity index (χ1v) is 10.8. The van der Waals surface area contributed by atoms with Crippen LogP contribution in [0.3, 0.4) is 0 Å². The average molecular weight is 425 g/mol. The molecule has 1 saturated heterocycles. The molecular weight excluding hydrogens is 400 g/mol. The van der Waals surface area contributed by atoms with Crippen LogP contribution in [0.2, 0.25) is 0 Å². The molecule has 7 heteroatoms. The molecule has 1 aromatic heterocycles. The fourth-order valence-electron chi connectivity index (χ4n) is 3.78. The Bertz CT molecular complexity index is 1010. The third kappa shape index (κ3) is 4.26. The molecule has 1 amide bonds. The molecule has 1 unspecified atom stereocenters. The Balaban J connectivity index is 1.55. The number of hydrogen-bond acceptors (Lipinski definition) is 6. The Kier molecular flexibility index (Phi) is 6.18. The van der Waals surface area contributed by atoms with Gasteiger partial charge in [-0.05, 0) is 49.2 Å². The van der Waals surface area contributed by atoms with Crippen LogP contribution in [0.4, 0.5) is 0 Å².